The Hall–Kier alpha value is -5.85. The molecule has 3 heteroatoms. The molecule has 0 aliphatic rings. The molecule has 0 fully saturated rings. The molecule has 6 aromatic carbocycles. The van der Waals surface area contributed by atoms with Crippen molar-refractivity contribution in [3.05, 3.63) is 157 Å². The summed E-state index contributed by atoms with van der Waals surface area (Å²) >= 11 is 0. The molecule has 42 heavy (non-hydrogen) atoms. The molecule has 0 bridgehead atoms. The van der Waals surface area contributed by atoms with E-state index in [0.717, 1.165) is 66.9 Å². The zero-order valence-corrected chi connectivity index (χ0v) is 22.8. The summed E-state index contributed by atoms with van der Waals surface area (Å²) in [5, 5.41) is 10.4. The molecule has 0 saturated heterocycles. The molecule has 196 valence electrons. The van der Waals surface area contributed by atoms with E-state index in [9.17, 15) is 5.26 Å². The average Bonchev–Trinajstić information content (AvgIpc) is 3.08. The van der Waals surface area contributed by atoms with Gasteiger partial charge in [0.05, 0.1) is 22.8 Å². The van der Waals surface area contributed by atoms with Crippen molar-refractivity contribution in [3.63, 3.8) is 0 Å². The lowest BCUT2D eigenvalue weighted by Gasteiger charge is -2.12. The van der Waals surface area contributed by atoms with Crippen LogP contribution in [0.1, 0.15) is 5.56 Å². The van der Waals surface area contributed by atoms with Crippen LogP contribution in [0.2, 0.25) is 0 Å². The third kappa shape index (κ3) is 4.94. The molecule has 0 radical (unpaired) electrons. The van der Waals surface area contributed by atoms with E-state index in [1.165, 1.54) is 0 Å². The van der Waals surface area contributed by atoms with Crippen molar-refractivity contribution < 1.29 is 0 Å². The van der Waals surface area contributed by atoms with Crippen molar-refractivity contribution in [3.8, 4) is 62.1 Å². The second-order valence-electron chi connectivity index (χ2n) is 10.2. The molecule has 0 aliphatic carbocycles. The number of aromatic nitrogens is 2. The van der Waals surface area contributed by atoms with E-state index in [2.05, 4.69) is 84.9 Å². The van der Waals surface area contributed by atoms with Gasteiger partial charge in [-0.2, -0.15) is 5.26 Å². The maximum Gasteiger partial charge on any atom is 0.160 e. The highest BCUT2D eigenvalue weighted by Gasteiger charge is 2.12. The fourth-order valence-electron chi connectivity index (χ4n) is 5.38. The number of benzene rings is 6. The van der Waals surface area contributed by atoms with E-state index in [1.54, 1.807) is 0 Å². The molecule has 1 aromatic heterocycles. The van der Waals surface area contributed by atoms with Gasteiger partial charge in [-0.05, 0) is 69.8 Å². The predicted molar refractivity (Wildman–Crippen MR) is 171 cm³/mol. The van der Waals surface area contributed by atoms with Crippen LogP contribution in [-0.2, 0) is 0 Å². The molecule has 0 atom stereocenters. The Bertz CT molecular complexity index is 2110. The summed E-state index contributed by atoms with van der Waals surface area (Å²) in [6, 6.07) is 54.0. The third-order valence-corrected chi connectivity index (χ3v) is 7.49. The lowest BCUT2D eigenvalue weighted by Crippen LogP contribution is -1.95. The lowest BCUT2D eigenvalue weighted by molar-refractivity contribution is 1.23. The number of fused-ring (bicyclic) bond motifs is 1. The summed E-state index contributed by atoms with van der Waals surface area (Å²) in [6.45, 7) is 0. The van der Waals surface area contributed by atoms with Crippen molar-refractivity contribution >= 4 is 10.9 Å². The quantitative estimate of drug-likeness (QED) is 0.220. The van der Waals surface area contributed by atoms with Crippen LogP contribution >= 0.6 is 0 Å². The minimum absolute atomic E-state index is 0.659. The first kappa shape index (κ1) is 25.1. The second kappa shape index (κ2) is 11.0. The van der Waals surface area contributed by atoms with E-state index in [-0.39, 0.29) is 0 Å². The Morgan fingerprint density at radius 2 is 0.881 bits per heavy atom. The fourth-order valence-corrected chi connectivity index (χ4v) is 5.38. The van der Waals surface area contributed by atoms with Crippen molar-refractivity contribution in [1.82, 2.24) is 9.97 Å². The van der Waals surface area contributed by atoms with Gasteiger partial charge in [0.25, 0.3) is 0 Å². The molecule has 7 rings (SSSR count). The molecule has 1 heterocycles. The molecule has 0 amide bonds. The summed E-state index contributed by atoms with van der Waals surface area (Å²) in [4.78, 5) is 9.93. The monoisotopic (exact) mass is 535 g/mol. The summed E-state index contributed by atoms with van der Waals surface area (Å²) in [7, 11) is 0. The van der Waals surface area contributed by atoms with Gasteiger partial charge in [-0.1, -0.05) is 115 Å². The summed E-state index contributed by atoms with van der Waals surface area (Å²) < 4.78 is 0. The van der Waals surface area contributed by atoms with Gasteiger partial charge in [0, 0.05) is 16.5 Å². The number of rotatable bonds is 5. The number of nitriles is 1. The van der Waals surface area contributed by atoms with Crippen molar-refractivity contribution in [2.45, 2.75) is 0 Å². The number of hydrogen-bond acceptors (Lipinski definition) is 3. The molecule has 0 saturated carbocycles. The highest BCUT2D eigenvalue weighted by molar-refractivity contribution is 5.94. The Morgan fingerprint density at radius 1 is 0.405 bits per heavy atom. The standard InChI is InChI=1S/C39H25N3/c40-26-27-10-6-13-29(22-27)30-14-7-15-31(23-30)32-16-8-17-33(24-32)34-18-9-19-35(25-34)38-36-20-4-5-21-37(36)41-39(42-38)28-11-2-1-3-12-28/h1-25H. The van der Waals surface area contributed by atoms with E-state index < -0.39 is 0 Å². The topological polar surface area (TPSA) is 49.6 Å². The summed E-state index contributed by atoms with van der Waals surface area (Å²) in [5.74, 6) is 0.719. The molecule has 3 nitrogen and oxygen atoms in total. The number of para-hydroxylation sites is 1. The second-order valence-corrected chi connectivity index (χ2v) is 10.2. The summed E-state index contributed by atoms with van der Waals surface area (Å²) in [6.07, 6.45) is 0. The fraction of sp³-hybridized carbons (Fsp3) is 0. The van der Waals surface area contributed by atoms with Crippen LogP contribution in [0, 0.1) is 11.3 Å². The SMILES string of the molecule is N#Cc1cccc(-c2cccc(-c3cccc(-c4cccc(-c5nc(-c6ccccc6)nc6ccccc56)c4)c3)c2)c1. The highest BCUT2D eigenvalue weighted by Crippen LogP contribution is 2.34. The van der Waals surface area contributed by atoms with Crippen LogP contribution in [-0.4, -0.2) is 9.97 Å². The van der Waals surface area contributed by atoms with Crippen molar-refractivity contribution in [2.75, 3.05) is 0 Å². The molecule has 0 spiro atoms. The van der Waals surface area contributed by atoms with E-state index in [1.807, 2.05) is 72.8 Å². The Balaban J connectivity index is 1.28. The minimum atomic E-state index is 0.659. The van der Waals surface area contributed by atoms with Gasteiger partial charge in [0.1, 0.15) is 0 Å². The van der Waals surface area contributed by atoms with Crippen molar-refractivity contribution in [1.29, 1.82) is 5.26 Å². The van der Waals surface area contributed by atoms with Gasteiger partial charge < -0.3 is 0 Å². The van der Waals surface area contributed by atoms with Crippen LogP contribution in [0.5, 0.6) is 0 Å². The van der Waals surface area contributed by atoms with Gasteiger partial charge >= 0.3 is 0 Å². The zero-order valence-electron chi connectivity index (χ0n) is 22.8. The molecule has 0 aliphatic heterocycles. The van der Waals surface area contributed by atoms with Crippen LogP contribution in [0.4, 0.5) is 0 Å². The average molecular weight is 536 g/mol. The molecule has 0 unspecified atom stereocenters. The van der Waals surface area contributed by atoms with Gasteiger partial charge in [-0.15, -0.1) is 0 Å². The Morgan fingerprint density at radius 3 is 1.50 bits per heavy atom. The predicted octanol–water partition coefficient (Wildman–Crippen LogP) is 9.84. The van der Waals surface area contributed by atoms with E-state index in [4.69, 9.17) is 9.97 Å². The molecule has 7 aromatic rings. The molecular weight excluding hydrogens is 510 g/mol. The first-order valence-corrected chi connectivity index (χ1v) is 13.9. The molecule has 0 N–H and O–H groups in total. The first-order chi connectivity index (χ1) is 20.7. The van der Waals surface area contributed by atoms with Crippen LogP contribution in [0.3, 0.4) is 0 Å². The normalized spacial score (nSPS) is 10.8. The highest BCUT2D eigenvalue weighted by atomic mass is 14.9. The number of nitrogens with zero attached hydrogens (tertiary/aromatic N) is 3. The van der Waals surface area contributed by atoms with Gasteiger partial charge in [-0.3, -0.25) is 0 Å². The van der Waals surface area contributed by atoms with Crippen molar-refractivity contribution in [2.24, 2.45) is 0 Å². The minimum Gasteiger partial charge on any atom is -0.228 e. The maximum absolute atomic E-state index is 9.33. The van der Waals surface area contributed by atoms with Crippen LogP contribution in [0.25, 0.3) is 66.9 Å². The first-order valence-electron chi connectivity index (χ1n) is 13.9. The number of hydrogen-bond donors (Lipinski definition) is 0. The van der Waals surface area contributed by atoms with E-state index >= 15 is 0 Å². The summed E-state index contributed by atoms with van der Waals surface area (Å²) in [5.41, 5.74) is 11.2. The molecular formula is C39H25N3. The largest absolute Gasteiger partial charge is 0.228 e. The zero-order chi connectivity index (χ0) is 28.3. The lowest BCUT2D eigenvalue weighted by atomic mass is 9.95. The maximum atomic E-state index is 9.33. The Kier molecular flexibility index (Phi) is 6.56. The van der Waals surface area contributed by atoms with Crippen LogP contribution in [0.15, 0.2) is 152 Å². The third-order valence-electron chi connectivity index (χ3n) is 7.49. The van der Waals surface area contributed by atoms with Gasteiger partial charge in [-0.25, -0.2) is 9.97 Å². The smallest absolute Gasteiger partial charge is 0.160 e. The van der Waals surface area contributed by atoms with Gasteiger partial charge in [0.15, 0.2) is 5.82 Å². The van der Waals surface area contributed by atoms with Crippen LogP contribution < -0.4 is 0 Å². The van der Waals surface area contributed by atoms with E-state index in [0.29, 0.717) is 5.56 Å². The Labute approximate surface area is 245 Å². The van der Waals surface area contributed by atoms with Gasteiger partial charge in [0.2, 0.25) is 0 Å².